The number of rotatable bonds is 8. The van der Waals surface area contributed by atoms with E-state index in [1.807, 2.05) is 18.2 Å². The zero-order chi connectivity index (χ0) is 20.5. The summed E-state index contributed by atoms with van der Waals surface area (Å²) >= 11 is 0. The molecule has 0 aromatic heterocycles. The van der Waals surface area contributed by atoms with Gasteiger partial charge < -0.3 is 19.5 Å². The van der Waals surface area contributed by atoms with Crippen molar-refractivity contribution < 1.29 is 28.2 Å². The van der Waals surface area contributed by atoms with Crippen molar-refractivity contribution in [1.82, 2.24) is 0 Å². The molecule has 29 heavy (non-hydrogen) atoms. The van der Waals surface area contributed by atoms with Gasteiger partial charge in [-0.2, -0.15) is 0 Å². The molecule has 0 aliphatic heterocycles. The van der Waals surface area contributed by atoms with E-state index in [9.17, 15) is 14.0 Å². The van der Waals surface area contributed by atoms with Crippen LogP contribution in [0.25, 0.3) is 0 Å². The van der Waals surface area contributed by atoms with Crippen LogP contribution in [0.5, 0.6) is 17.2 Å². The molecular formula is C22H18FNO5. The van der Waals surface area contributed by atoms with Crippen LogP contribution in [0.1, 0.15) is 0 Å². The fraction of sp³-hybridized carbons (Fsp3) is 0.0909. The number of ether oxygens (including phenoxy) is 3. The Kier molecular flexibility index (Phi) is 6.78. The molecule has 0 radical (unpaired) electrons. The number of carbonyl (C=O) groups excluding carboxylic acids is 2. The minimum atomic E-state index is -0.752. The standard InChI is InChI=1S/C22H18FNO5/c23-16-7-6-10-18(13-16)27-15-22(26)28-14-21(25)24-19-11-4-5-12-20(19)29-17-8-2-1-3-9-17/h1-13H,14-15H2,(H,24,25). The Bertz CT molecular complexity index is 978. The summed E-state index contributed by atoms with van der Waals surface area (Å²) in [7, 11) is 0. The number of carbonyl (C=O) groups is 2. The monoisotopic (exact) mass is 395 g/mol. The lowest BCUT2D eigenvalue weighted by molar-refractivity contribution is -0.149. The van der Waals surface area contributed by atoms with Crippen molar-refractivity contribution in [1.29, 1.82) is 0 Å². The topological polar surface area (TPSA) is 73.9 Å². The molecule has 0 bridgehead atoms. The fourth-order valence-electron chi connectivity index (χ4n) is 2.35. The minimum absolute atomic E-state index is 0.193. The Morgan fingerprint density at radius 2 is 1.55 bits per heavy atom. The number of benzene rings is 3. The van der Waals surface area contributed by atoms with E-state index in [1.165, 1.54) is 18.2 Å². The van der Waals surface area contributed by atoms with Crippen LogP contribution in [-0.4, -0.2) is 25.1 Å². The summed E-state index contributed by atoms with van der Waals surface area (Å²) in [5.41, 5.74) is 0.438. The zero-order valence-electron chi connectivity index (χ0n) is 15.3. The molecule has 1 amide bonds. The Balaban J connectivity index is 1.49. The maximum Gasteiger partial charge on any atom is 0.344 e. The molecule has 0 saturated heterocycles. The van der Waals surface area contributed by atoms with Gasteiger partial charge in [-0.1, -0.05) is 36.4 Å². The Morgan fingerprint density at radius 3 is 2.34 bits per heavy atom. The number of hydrogen-bond donors (Lipinski definition) is 1. The largest absolute Gasteiger partial charge is 0.482 e. The van der Waals surface area contributed by atoms with Gasteiger partial charge in [-0.25, -0.2) is 9.18 Å². The highest BCUT2D eigenvalue weighted by Gasteiger charge is 2.12. The molecular weight excluding hydrogens is 377 g/mol. The first-order chi connectivity index (χ1) is 14.1. The van der Waals surface area contributed by atoms with Crippen LogP contribution in [0.4, 0.5) is 10.1 Å². The van der Waals surface area contributed by atoms with E-state index < -0.39 is 30.9 Å². The molecule has 0 heterocycles. The molecule has 0 aliphatic carbocycles. The predicted octanol–water partition coefficient (Wildman–Crippen LogP) is 4.18. The molecule has 0 atom stereocenters. The van der Waals surface area contributed by atoms with Gasteiger partial charge in [0.1, 0.15) is 17.3 Å². The second kappa shape index (κ2) is 9.89. The fourth-order valence-corrected chi connectivity index (χ4v) is 2.35. The average Bonchev–Trinajstić information content (AvgIpc) is 2.73. The molecule has 0 unspecified atom stereocenters. The Hall–Kier alpha value is -3.87. The van der Waals surface area contributed by atoms with Crippen LogP contribution in [0.15, 0.2) is 78.9 Å². The molecule has 3 aromatic rings. The molecule has 0 saturated carbocycles. The van der Waals surface area contributed by atoms with E-state index in [1.54, 1.807) is 36.4 Å². The summed E-state index contributed by atoms with van der Waals surface area (Å²) in [5, 5.41) is 2.64. The van der Waals surface area contributed by atoms with Gasteiger partial charge in [-0.3, -0.25) is 4.79 Å². The Labute approximate surface area is 166 Å². The lowest BCUT2D eigenvalue weighted by atomic mass is 10.3. The summed E-state index contributed by atoms with van der Waals surface area (Å²) in [4.78, 5) is 23.8. The van der Waals surface area contributed by atoms with E-state index in [-0.39, 0.29) is 5.75 Å². The molecule has 7 heteroatoms. The molecule has 148 valence electrons. The number of esters is 1. The lowest BCUT2D eigenvalue weighted by Gasteiger charge is -2.12. The van der Waals surface area contributed by atoms with Crippen molar-refractivity contribution in [2.75, 3.05) is 18.5 Å². The summed E-state index contributed by atoms with van der Waals surface area (Å²) in [6, 6.07) is 21.4. The van der Waals surface area contributed by atoms with Gasteiger partial charge in [0, 0.05) is 6.07 Å². The van der Waals surface area contributed by atoms with Crippen molar-refractivity contribution >= 4 is 17.6 Å². The summed E-state index contributed by atoms with van der Waals surface area (Å²) in [6.45, 7) is -0.935. The summed E-state index contributed by atoms with van der Waals surface area (Å²) in [5.74, 6) is -0.501. The van der Waals surface area contributed by atoms with Gasteiger partial charge in [0.2, 0.25) is 0 Å². The Morgan fingerprint density at radius 1 is 0.828 bits per heavy atom. The van der Waals surface area contributed by atoms with Crippen LogP contribution in [-0.2, 0) is 14.3 Å². The van der Waals surface area contributed by atoms with Crippen molar-refractivity contribution in [2.45, 2.75) is 0 Å². The number of amides is 1. The van der Waals surface area contributed by atoms with Crippen LogP contribution in [0, 0.1) is 5.82 Å². The number of anilines is 1. The van der Waals surface area contributed by atoms with Crippen molar-refractivity contribution in [3.63, 3.8) is 0 Å². The molecule has 0 fully saturated rings. The van der Waals surface area contributed by atoms with E-state index in [0.717, 1.165) is 6.07 Å². The van der Waals surface area contributed by atoms with Crippen LogP contribution < -0.4 is 14.8 Å². The van der Waals surface area contributed by atoms with E-state index in [2.05, 4.69) is 5.32 Å². The molecule has 0 aliphatic rings. The third-order valence-corrected chi connectivity index (χ3v) is 3.65. The second-order valence-electron chi connectivity index (χ2n) is 5.87. The highest BCUT2D eigenvalue weighted by atomic mass is 19.1. The first kappa shape index (κ1) is 19.9. The van der Waals surface area contributed by atoms with Crippen LogP contribution >= 0.6 is 0 Å². The van der Waals surface area contributed by atoms with Crippen LogP contribution in [0.2, 0.25) is 0 Å². The van der Waals surface area contributed by atoms with E-state index in [4.69, 9.17) is 14.2 Å². The van der Waals surface area contributed by atoms with Gasteiger partial charge >= 0.3 is 5.97 Å². The summed E-state index contributed by atoms with van der Waals surface area (Å²) in [6.07, 6.45) is 0. The molecule has 0 spiro atoms. The van der Waals surface area contributed by atoms with Gasteiger partial charge in [0.05, 0.1) is 5.69 Å². The first-order valence-corrected chi connectivity index (χ1v) is 8.76. The van der Waals surface area contributed by atoms with Gasteiger partial charge in [-0.15, -0.1) is 0 Å². The van der Waals surface area contributed by atoms with Crippen molar-refractivity contribution in [3.05, 3.63) is 84.7 Å². The SMILES string of the molecule is O=C(COC(=O)COc1cccc(F)c1)Nc1ccccc1Oc1ccccc1. The third-order valence-electron chi connectivity index (χ3n) is 3.65. The lowest BCUT2D eigenvalue weighted by Crippen LogP contribution is -2.23. The number of para-hydroxylation sites is 3. The van der Waals surface area contributed by atoms with Gasteiger partial charge in [-0.05, 0) is 36.4 Å². The smallest absolute Gasteiger partial charge is 0.344 e. The number of hydrogen-bond acceptors (Lipinski definition) is 5. The normalized spacial score (nSPS) is 10.1. The quantitative estimate of drug-likeness (QED) is 0.579. The number of nitrogens with one attached hydrogen (secondary N) is 1. The van der Waals surface area contributed by atoms with Crippen molar-refractivity contribution in [2.24, 2.45) is 0 Å². The second-order valence-corrected chi connectivity index (χ2v) is 5.87. The van der Waals surface area contributed by atoms with Gasteiger partial charge in [0.25, 0.3) is 5.91 Å². The first-order valence-electron chi connectivity index (χ1n) is 8.76. The highest BCUT2D eigenvalue weighted by Crippen LogP contribution is 2.28. The molecule has 3 rings (SSSR count). The zero-order valence-corrected chi connectivity index (χ0v) is 15.3. The van der Waals surface area contributed by atoms with E-state index in [0.29, 0.717) is 17.2 Å². The van der Waals surface area contributed by atoms with Crippen molar-refractivity contribution in [3.8, 4) is 17.2 Å². The molecule has 3 aromatic carbocycles. The molecule has 6 nitrogen and oxygen atoms in total. The molecule has 1 N–H and O–H groups in total. The number of halogens is 1. The third kappa shape index (κ3) is 6.35. The predicted molar refractivity (Wildman–Crippen MR) is 104 cm³/mol. The highest BCUT2D eigenvalue weighted by molar-refractivity contribution is 5.94. The minimum Gasteiger partial charge on any atom is -0.482 e. The van der Waals surface area contributed by atoms with Gasteiger partial charge in [0.15, 0.2) is 19.0 Å². The maximum atomic E-state index is 13.1. The summed E-state index contributed by atoms with van der Waals surface area (Å²) < 4.78 is 28.8. The maximum absolute atomic E-state index is 13.1. The van der Waals surface area contributed by atoms with E-state index >= 15 is 0 Å². The van der Waals surface area contributed by atoms with Crippen LogP contribution in [0.3, 0.4) is 0 Å². The average molecular weight is 395 g/mol.